The molecule has 2 heterocycles. The Morgan fingerprint density at radius 1 is 1.10 bits per heavy atom. The second-order valence-corrected chi connectivity index (χ2v) is 8.77. The zero-order chi connectivity index (χ0) is 21.1. The molecule has 0 amide bonds. The molecule has 0 saturated carbocycles. The number of β-amino-alcohol motifs (C(OH)–C–C–N with tert-alkyl or cyclic N) is 1. The highest BCUT2D eigenvalue weighted by atomic mass is 32.1. The van der Waals surface area contributed by atoms with Crippen molar-refractivity contribution < 1.29 is 24.9 Å². The van der Waals surface area contributed by atoms with E-state index in [0.29, 0.717) is 17.2 Å². The fourth-order valence-electron chi connectivity index (χ4n) is 3.72. The van der Waals surface area contributed by atoms with Gasteiger partial charge in [0.15, 0.2) is 0 Å². The average molecular weight is 428 g/mol. The molecule has 0 spiro atoms. The molecule has 4 rings (SSSR count). The summed E-state index contributed by atoms with van der Waals surface area (Å²) in [6, 6.07) is 15.3. The first-order chi connectivity index (χ1) is 14.5. The van der Waals surface area contributed by atoms with Crippen molar-refractivity contribution >= 4 is 28.1 Å². The quantitative estimate of drug-likeness (QED) is 0.535. The number of ether oxygens (including phenoxy) is 1. The van der Waals surface area contributed by atoms with E-state index in [9.17, 15) is 15.0 Å². The van der Waals surface area contributed by atoms with Crippen molar-refractivity contribution in [2.75, 3.05) is 26.2 Å². The van der Waals surface area contributed by atoms with Crippen molar-refractivity contribution in [1.29, 1.82) is 0 Å². The van der Waals surface area contributed by atoms with Gasteiger partial charge in [-0.15, -0.1) is 11.3 Å². The molecule has 6 nitrogen and oxygen atoms in total. The van der Waals surface area contributed by atoms with Crippen LogP contribution in [0.2, 0.25) is 0 Å². The summed E-state index contributed by atoms with van der Waals surface area (Å²) in [5.41, 5.74) is 0.982. The first-order valence-electron chi connectivity index (χ1n) is 10.1. The van der Waals surface area contributed by atoms with E-state index in [1.165, 1.54) is 11.3 Å². The number of likely N-dealkylation sites (tertiary alicyclic amines) is 1. The van der Waals surface area contributed by atoms with Crippen LogP contribution in [0.25, 0.3) is 21.2 Å². The second kappa shape index (κ2) is 9.14. The molecule has 3 aromatic rings. The third-order valence-electron chi connectivity index (χ3n) is 5.38. The lowest BCUT2D eigenvalue weighted by atomic mass is 10.1. The summed E-state index contributed by atoms with van der Waals surface area (Å²) < 4.78 is 5.79. The molecule has 1 aliphatic heterocycles. The molecule has 7 heteroatoms. The Morgan fingerprint density at radius 3 is 2.57 bits per heavy atom. The van der Waals surface area contributed by atoms with Crippen LogP contribution >= 0.6 is 11.3 Å². The molecule has 158 valence electrons. The summed E-state index contributed by atoms with van der Waals surface area (Å²) in [6.07, 6.45) is 0.708. The maximum absolute atomic E-state index is 11.1. The fourth-order valence-corrected chi connectivity index (χ4v) is 4.56. The van der Waals surface area contributed by atoms with Gasteiger partial charge in [-0.1, -0.05) is 18.2 Å². The van der Waals surface area contributed by atoms with Crippen LogP contribution in [0.3, 0.4) is 0 Å². The van der Waals surface area contributed by atoms with Crippen LogP contribution in [0.15, 0.2) is 48.5 Å². The summed E-state index contributed by atoms with van der Waals surface area (Å²) >= 11 is 1.26. The number of hydrogen-bond acceptors (Lipinski definition) is 6. The predicted molar refractivity (Wildman–Crippen MR) is 117 cm³/mol. The number of aliphatic hydroxyl groups excluding tert-OH is 2. The van der Waals surface area contributed by atoms with Gasteiger partial charge in [-0.2, -0.15) is 0 Å². The number of thiophene rings is 1. The number of nitrogens with zero attached hydrogens (tertiary/aromatic N) is 1. The number of hydrogen-bond donors (Lipinski definition) is 3. The van der Waals surface area contributed by atoms with Crippen molar-refractivity contribution in [1.82, 2.24) is 4.90 Å². The Morgan fingerprint density at radius 2 is 1.83 bits per heavy atom. The number of aromatic carboxylic acids is 1. The molecular weight excluding hydrogens is 402 g/mol. The van der Waals surface area contributed by atoms with Crippen LogP contribution in [0.5, 0.6) is 5.75 Å². The molecule has 0 aliphatic carbocycles. The van der Waals surface area contributed by atoms with E-state index in [4.69, 9.17) is 9.84 Å². The van der Waals surface area contributed by atoms with Crippen LogP contribution in [0, 0.1) is 0 Å². The molecule has 0 bridgehead atoms. The average Bonchev–Trinajstić information content (AvgIpc) is 3.24. The predicted octanol–water partition coefficient (Wildman–Crippen LogP) is 3.46. The Bertz CT molecular complexity index is 1030. The highest BCUT2D eigenvalue weighted by molar-refractivity contribution is 7.17. The van der Waals surface area contributed by atoms with Crippen LogP contribution in [-0.2, 0) is 0 Å². The van der Waals surface area contributed by atoms with E-state index >= 15 is 0 Å². The smallest absolute Gasteiger partial charge is 0.345 e. The van der Waals surface area contributed by atoms with E-state index in [1.807, 2.05) is 42.5 Å². The van der Waals surface area contributed by atoms with Crippen LogP contribution < -0.4 is 4.74 Å². The number of rotatable bonds is 7. The monoisotopic (exact) mass is 427 g/mol. The van der Waals surface area contributed by atoms with Crippen LogP contribution in [0.1, 0.15) is 22.5 Å². The van der Waals surface area contributed by atoms with Gasteiger partial charge in [0, 0.05) is 24.5 Å². The second-order valence-electron chi connectivity index (χ2n) is 7.69. The number of carboxylic acid groups (broad SMARTS) is 1. The zero-order valence-corrected chi connectivity index (χ0v) is 17.3. The highest BCUT2D eigenvalue weighted by Gasteiger charge is 2.19. The fraction of sp³-hybridized carbons (Fsp3) is 0.348. The minimum atomic E-state index is -0.908. The number of fused-ring (bicyclic) bond motifs is 1. The maximum atomic E-state index is 11.1. The summed E-state index contributed by atoms with van der Waals surface area (Å²) in [4.78, 5) is 14.5. The third kappa shape index (κ3) is 4.99. The Balaban J connectivity index is 1.38. The van der Waals surface area contributed by atoms with Gasteiger partial charge in [-0.25, -0.2) is 4.79 Å². The molecule has 1 fully saturated rings. The van der Waals surface area contributed by atoms with E-state index in [0.717, 1.165) is 47.1 Å². The van der Waals surface area contributed by atoms with E-state index < -0.39 is 12.1 Å². The van der Waals surface area contributed by atoms with Gasteiger partial charge in [0.25, 0.3) is 0 Å². The first kappa shape index (κ1) is 20.8. The number of benzene rings is 2. The number of carboxylic acids is 1. The Hall–Kier alpha value is -2.45. The summed E-state index contributed by atoms with van der Waals surface area (Å²) in [5, 5.41) is 31.0. The largest absolute Gasteiger partial charge is 0.491 e. The Kier molecular flexibility index (Phi) is 6.34. The summed E-state index contributed by atoms with van der Waals surface area (Å²) in [6.45, 7) is 2.36. The van der Waals surface area contributed by atoms with E-state index in [2.05, 4.69) is 4.90 Å². The van der Waals surface area contributed by atoms with Crippen LogP contribution in [0.4, 0.5) is 0 Å². The normalized spacial score (nSPS) is 16.6. The van der Waals surface area contributed by atoms with Crippen LogP contribution in [-0.4, -0.2) is 64.6 Å². The molecular formula is C23H25NO5S. The van der Waals surface area contributed by atoms with E-state index in [-0.39, 0.29) is 12.7 Å². The number of piperidine rings is 1. The molecule has 1 unspecified atom stereocenters. The van der Waals surface area contributed by atoms with Crippen molar-refractivity contribution in [3.8, 4) is 16.2 Å². The van der Waals surface area contributed by atoms with Gasteiger partial charge in [0.05, 0.1) is 6.10 Å². The lowest BCUT2D eigenvalue weighted by Gasteiger charge is -2.30. The van der Waals surface area contributed by atoms with Gasteiger partial charge >= 0.3 is 5.97 Å². The molecule has 1 aliphatic rings. The van der Waals surface area contributed by atoms with Gasteiger partial charge in [-0.05, 0) is 59.5 Å². The van der Waals surface area contributed by atoms with Crippen molar-refractivity contribution in [2.24, 2.45) is 0 Å². The number of carbonyl (C=O) groups is 1. The van der Waals surface area contributed by atoms with Gasteiger partial charge in [0.1, 0.15) is 23.3 Å². The minimum Gasteiger partial charge on any atom is -0.491 e. The van der Waals surface area contributed by atoms with Gasteiger partial charge in [0.2, 0.25) is 0 Å². The van der Waals surface area contributed by atoms with Gasteiger partial charge in [-0.3, -0.25) is 0 Å². The molecule has 1 aromatic heterocycles. The summed E-state index contributed by atoms with van der Waals surface area (Å²) in [7, 11) is 0. The minimum absolute atomic E-state index is 0.216. The molecule has 2 aromatic carbocycles. The third-order valence-corrected chi connectivity index (χ3v) is 6.50. The highest BCUT2D eigenvalue weighted by Crippen LogP contribution is 2.31. The maximum Gasteiger partial charge on any atom is 0.345 e. The van der Waals surface area contributed by atoms with E-state index in [1.54, 1.807) is 6.07 Å². The lowest BCUT2D eigenvalue weighted by molar-refractivity contribution is 0.0338. The topological polar surface area (TPSA) is 90.2 Å². The molecule has 1 atom stereocenters. The van der Waals surface area contributed by atoms with Crippen molar-refractivity contribution in [3.05, 3.63) is 53.4 Å². The standard InChI is InChI=1S/C23H25NO5S/c25-18-7-9-24(10-8-18)13-19(26)14-29-20-4-3-15-11-17(2-1-16(15)12-20)21-5-6-22(30-21)23(27)28/h1-6,11-12,18-19,25-26H,7-10,13-14H2,(H,27,28). The molecule has 3 N–H and O–H groups in total. The molecule has 1 saturated heterocycles. The first-order valence-corrected chi connectivity index (χ1v) is 10.9. The zero-order valence-electron chi connectivity index (χ0n) is 16.5. The molecule has 30 heavy (non-hydrogen) atoms. The molecule has 0 radical (unpaired) electrons. The summed E-state index contributed by atoms with van der Waals surface area (Å²) in [5.74, 6) is -0.207. The van der Waals surface area contributed by atoms with Gasteiger partial charge < -0.3 is 25.0 Å². The van der Waals surface area contributed by atoms with Crippen molar-refractivity contribution in [2.45, 2.75) is 25.0 Å². The lowest BCUT2D eigenvalue weighted by Crippen LogP contribution is -2.41. The number of aliphatic hydroxyl groups is 2. The SMILES string of the molecule is O=C(O)c1ccc(-c2ccc3cc(OCC(O)CN4CCC(O)CC4)ccc3c2)s1. The Labute approximate surface area is 179 Å². The van der Waals surface area contributed by atoms with Crippen molar-refractivity contribution in [3.63, 3.8) is 0 Å².